The Labute approximate surface area is 105 Å². The van der Waals surface area contributed by atoms with Gasteiger partial charge >= 0.3 is 0 Å². The predicted molar refractivity (Wildman–Crippen MR) is 65.3 cm³/mol. The van der Waals surface area contributed by atoms with Crippen molar-refractivity contribution in [3.8, 4) is 0 Å². The van der Waals surface area contributed by atoms with E-state index in [1.54, 1.807) is 14.7 Å². The minimum Gasteiger partial charge on any atom is -0.237 e. The third kappa shape index (κ3) is 1.32. The van der Waals surface area contributed by atoms with Gasteiger partial charge in [0.15, 0.2) is 5.82 Å². The van der Waals surface area contributed by atoms with Crippen LogP contribution in [0.2, 0.25) is 0 Å². The number of aromatic nitrogens is 7. The van der Waals surface area contributed by atoms with Crippen molar-refractivity contribution in [1.29, 1.82) is 0 Å². The lowest BCUT2D eigenvalue weighted by molar-refractivity contribution is 0.628. The first-order chi connectivity index (χ1) is 8.92. The highest BCUT2D eigenvalue weighted by molar-refractivity contribution is 7.14. The molecule has 0 aliphatic rings. The highest BCUT2D eigenvalue weighted by Crippen LogP contribution is 2.12. The summed E-state index contributed by atoms with van der Waals surface area (Å²) in [7, 11) is 0. The minimum absolute atomic E-state index is 0.505. The van der Waals surface area contributed by atoms with Crippen LogP contribution in [0.4, 0.5) is 0 Å². The lowest BCUT2D eigenvalue weighted by Crippen LogP contribution is -2.06. The van der Waals surface area contributed by atoms with Crippen LogP contribution in [-0.4, -0.2) is 34.8 Å². The maximum absolute atomic E-state index is 4.19. The Morgan fingerprint density at radius 2 is 2.06 bits per heavy atom. The third-order valence-corrected chi connectivity index (χ3v) is 3.37. The molecule has 18 heavy (non-hydrogen) atoms. The molecule has 4 rings (SSSR count). The smallest absolute Gasteiger partial charge is 0.234 e. The van der Waals surface area contributed by atoms with Gasteiger partial charge in [0.2, 0.25) is 4.96 Å². The minimum atomic E-state index is 0.505. The molecule has 4 aromatic rings. The van der Waals surface area contributed by atoms with Crippen molar-refractivity contribution in [3.63, 3.8) is 0 Å². The Morgan fingerprint density at radius 1 is 1.11 bits per heavy atom. The topological polar surface area (TPSA) is 73.8 Å². The molecule has 0 saturated heterocycles. The molecule has 0 fully saturated rings. The fourth-order valence-electron chi connectivity index (χ4n) is 1.87. The Morgan fingerprint density at radius 3 is 3.06 bits per heavy atom. The molecular formula is C10H7N7S. The maximum atomic E-state index is 4.19. The second kappa shape index (κ2) is 3.57. The van der Waals surface area contributed by atoms with Crippen LogP contribution in [-0.2, 0) is 6.54 Å². The highest BCUT2D eigenvalue weighted by Gasteiger charge is 2.10. The van der Waals surface area contributed by atoms with Gasteiger partial charge in [-0.1, -0.05) is 28.7 Å². The van der Waals surface area contributed by atoms with E-state index in [0.717, 1.165) is 21.8 Å². The van der Waals surface area contributed by atoms with Crippen LogP contribution in [0.3, 0.4) is 0 Å². The van der Waals surface area contributed by atoms with Gasteiger partial charge in [-0.3, -0.25) is 0 Å². The van der Waals surface area contributed by atoms with Crippen LogP contribution in [0.1, 0.15) is 5.82 Å². The Bertz CT molecular complexity index is 827. The van der Waals surface area contributed by atoms with Crippen molar-refractivity contribution in [3.05, 3.63) is 35.6 Å². The van der Waals surface area contributed by atoms with Crippen LogP contribution >= 0.6 is 11.3 Å². The van der Waals surface area contributed by atoms with E-state index in [0.29, 0.717) is 6.54 Å². The lowest BCUT2D eigenvalue weighted by Gasteiger charge is -1.98. The zero-order chi connectivity index (χ0) is 11.9. The standard InChI is InChI=1S/C10H7N7S/c1-2-4-8-7(3-1)12-15-16(8)5-9-13-14-10-17(9)11-6-18-10/h1-4,6H,5H2. The normalized spacial score (nSPS) is 11.6. The molecule has 0 aliphatic carbocycles. The summed E-state index contributed by atoms with van der Waals surface area (Å²) in [6.45, 7) is 0.505. The molecule has 0 bridgehead atoms. The van der Waals surface area contributed by atoms with Crippen molar-refractivity contribution in [2.24, 2.45) is 0 Å². The van der Waals surface area contributed by atoms with E-state index in [1.165, 1.54) is 11.3 Å². The fourth-order valence-corrected chi connectivity index (χ4v) is 2.45. The average Bonchev–Trinajstić information content (AvgIpc) is 3.08. The van der Waals surface area contributed by atoms with Crippen molar-refractivity contribution >= 4 is 27.3 Å². The van der Waals surface area contributed by atoms with Crippen LogP contribution in [0, 0.1) is 0 Å². The first kappa shape index (κ1) is 9.66. The van der Waals surface area contributed by atoms with E-state index < -0.39 is 0 Å². The van der Waals surface area contributed by atoms with E-state index >= 15 is 0 Å². The monoisotopic (exact) mass is 257 g/mol. The van der Waals surface area contributed by atoms with Gasteiger partial charge in [0, 0.05) is 0 Å². The van der Waals surface area contributed by atoms with E-state index in [1.807, 2.05) is 24.3 Å². The van der Waals surface area contributed by atoms with Gasteiger partial charge in [-0.25, -0.2) is 4.68 Å². The molecule has 88 valence electrons. The predicted octanol–water partition coefficient (Wildman–Crippen LogP) is 0.979. The SMILES string of the molecule is c1ccc2c(c1)nnn2Cc1nnc2scnn12. The molecule has 3 aromatic heterocycles. The lowest BCUT2D eigenvalue weighted by atomic mass is 10.3. The molecular weight excluding hydrogens is 250 g/mol. The number of nitrogens with zero attached hydrogens (tertiary/aromatic N) is 7. The molecule has 0 unspecified atom stereocenters. The molecule has 0 radical (unpaired) electrons. The molecule has 0 spiro atoms. The molecule has 0 atom stereocenters. The van der Waals surface area contributed by atoms with Gasteiger partial charge in [-0.05, 0) is 12.1 Å². The maximum Gasteiger partial charge on any atom is 0.234 e. The van der Waals surface area contributed by atoms with Crippen LogP contribution in [0.15, 0.2) is 29.8 Å². The molecule has 7 nitrogen and oxygen atoms in total. The summed E-state index contributed by atoms with van der Waals surface area (Å²) in [6, 6.07) is 7.82. The quantitative estimate of drug-likeness (QED) is 0.535. The number of fused-ring (bicyclic) bond motifs is 2. The van der Waals surface area contributed by atoms with E-state index in [-0.39, 0.29) is 0 Å². The largest absolute Gasteiger partial charge is 0.237 e. The van der Waals surface area contributed by atoms with Gasteiger partial charge in [-0.2, -0.15) is 9.61 Å². The summed E-state index contributed by atoms with van der Waals surface area (Å²) in [4.78, 5) is 0.787. The van der Waals surface area contributed by atoms with Gasteiger partial charge < -0.3 is 0 Å². The third-order valence-electron chi connectivity index (χ3n) is 2.71. The Balaban J connectivity index is 1.83. The number of hydrogen-bond acceptors (Lipinski definition) is 6. The van der Waals surface area contributed by atoms with Crippen LogP contribution < -0.4 is 0 Å². The number of benzene rings is 1. The van der Waals surface area contributed by atoms with Crippen molar-refractivity contribution in [2.45, 2.75) is 6.54 Å². The molecule has 3 heterocycles. The van der Waals surface area contributed by atoms with Crippen LogP contribution in [0.5, 0.6) is 0 Å². The van der Waals surface area contributed by atoms with Gasteiger partial charge in [0.25, 0.3) is 0 Å². The second-order valence-corrected chi connectivity index (χ2v) is 4.60. The van der Waals surface area contributed by atoms with Crippen molar-refractivity contribution in [2.75, 3.05) is 0 Å². The van der Waals surface area contributed by atoms with E-state index in [9.17, 15) is 0 Å². The summed E-state index contributed by atoms with van der Waals surface area (Å²) in [5.74, 6) is 0.752. The molecule has 0 saturated carbocycles. The fraction of sp³-hybridized carbons (Fsp3) is 0.100. The first-order valence-corrected chi connectivity index (χ1v) is 6.22. The summed E-state index contributed by atoms with van der Waals surface area (Å²) in [6.07, 6.45) is 0. The molecule has 0 amide bonds. The number of hydrogen-bond donors (Lipinski definition) is 0. The van der Waals surface area contributed by atoms with Gasteiger partial charge in [0.1, 0.15) is 17.6 Å². The van der Waals surface area contributed by atoms with Crippen LogP contribution in [0.25, 0.3) is 16.0 Å². The summed E-state index contributed by atoms with van der Waals surface area (Å²) in [5, 5.41) is 20.6. The number of rotatable bonds is 2. The Hall–Kier alpha value is -2.35. The summed E-state index contributed by atoms with van der Waals surface area (Å²) in [5.41, 5.74) is 3.59. The Kier molecular flexibility index (Phi) is 1.92. The molecule has 8 heteroatoms. The average molecular weight is 257 g/mol. The zero-order valence-corrected chi connectivity index (χ0v) is 9.95. The van der Waals surface area contributed by atoms with E-state index in [2.05, 4.69) is 25.6 Å². The van der Waals surface area contributed by atoms with Crippen molar-refractivity contribution in [1.82, 2.24) is 34.8 Å². The zero-order valence-electron chi connectivity index (χ0n) is 9.13. The summed E-state index contributed by atoms with van der Waals surface area (Å²) >= 11 is 1.46. The van der Waals surface area contributed by atoms with Crippen molar-refractivity contribution < 1.29 is 0 Å². The van der Waals surface area contributed by atoms with E-state index in [4.69, 9.17) is 0 Å². The highest BCUT2D eigenvalue weighted by atomic mass is 32.1. The molecule has 0 aliphatic heterocycles. The summed E-state index contributed by atoms with van der Waals surface area (Å²) < 4.78 is 3.52. The molecule has 0 N–H and O–H groups in total. The van der Waals surface area contributed by atoms with Gasteiger partial charge in [0.05, 0.1) is 5.52 Å². The molecule has 1 aromatic carbocycles. The van der Waals surface area contributed by atoms with Gasteiger partial charge in [-0.15, -0.1) is 15.3 Å². The first-order valence-electron chi connectivity index (χ1n) is 5.34. The number of para-hydroxylation sites is 1. The second-order valence-electron chi connectivity index (χ2n) is 3.79.